The largest absolute Gasteiger partial charge is 0.479 e. The molecule has 0 saturated carbocycles. The Morgan fingerprint density at radius 1 is 1.45 bits per heavy atom. The first kappa shape index (κ1) is 13.1. The monoisotopic (exact) mass is 274 g/mol. The number of ether oxygens (including phenoxy) is 1. The second-order valence-electron chi connectivity index (χ2n) is 5.22. The Bertz CT molecular complexity index is 635. The Hall–Kier alpha value is -1.85. The first-order chi connectivity index (χ1) is 9.65. The number of carbonyl (C=O) groups is 1. The Morgan fingerprint density at radius 2 is 2.25 bits per heavy atom. The van der Waals surface area contributed by atoms with Crippen molar-refractivity contribution >= 4 is 16.9 Å². The highest BCUT2D eigenvalue weighted by Gasteiger charge is 2.26. The van der Waals surface area contributed by atoms with E-state index in [-0.39, 0.29) is 0 Å². The number of carboxylic acids is 1. The molecule has 20 heavy (non-hydrogen) atoms. The number of hydrogen-bond acceptors (Lipinski definition) is 3. The van der Waals surface area contributed by atoms with Crippen LogP contribution in [0.15, 0.2) is 30.5 Å². The molecular formula is C15H18N2O3. The van der Waals surface area contributed by atoms with Crippen molar-refractivity contribution in [2.75, 3.05) is 19.7 Å². The van der Waals surface area contributed by atoms with Crippen molar-refractivity contribution in [3.05, 3.63) is 36.0 Å². The number of carboxylic acid groups (broad SMARTS) is 1. The standard InChI is InChI=1S/C15H18N2O3/c1-16-8-11(12-4-2-3-5-13(12)16)9-17-6-7-20-14(10-17)15(18)19/h2-5,8,14H,6-7,9-10H2,1H3,(H,18,19). The predicted molar refractivity (Wildman–Crippen MR) is 75.6 cm³/mol. The van der Waals surface area contributed by atoms with E-state index in [1.165, 1.54) is 16.5 Å². The fourth-order valence-electron chi connectivity index (χ4n) is 2.79. The summed E-state index contributed by atoms with van der Waals surface area (Å²) < 4.78 is 7.36. The minimum atomic E-state index is -0.882. The molecule has 1 aromatic carbocycles. The predicted octanol–water partition coefficient (Wildman–Crippen LogP) is 1.46. The molecule has 5 nitrogen and oxygen atoms in total. The van der Waals surface area contributed by atoms with Gasteiger partial charge in [0.1, 0.15) is 0 Å². The summed E-state index contributed by atoms with van der Waals surface area (Å²) in [6.07, 6.45) is 1.41. The van der Waals surface area contributed by atoms with Gasteiger partial charge in [-0.25, -0.2) is 4.79 Å². The molecule has 0 amide bonds. The van der Waals surface area contributed by atoms with Crippen LogP contribution in [-0.4, -0.2) is 46.3 Å². The van der Waals surface area contributed by atoms with Crippen LogP contribution in [0.5, 0.6) is 0 Å². The number of benzene rings is 1. The Labute approximate surface area is 117 Å². The molecule has 106 valence electrons. The number of hydrogen-bond donors (Lipinski definition) is 1. The van der Waals surface area contributed by atoms with Gasteiger partial charge in [0.2, 0.25) is 0 Å². The summed E-state index contributed by atoms with van der Waals surface area (Å²) in [5.74, 6) is -0.882. The minimum absolute atomic E-state index is 0.443. The lowest BCUT2D eigenvalue weighted by Gasteiger charge is -2.30. The summed E-state index contributed by atoms with van der Waals surface area (Å²) in [7, 11) is 2.03. The number of rotatable bonds is 3. The Morgan fingerprint density at radius 3 is 3.05 bits per heavy atom. The van der Waals surface area contributed by atoms with Gasteiger partial charge in [-0.2, -0.15) is 0 Å². The summed E-state index contributed by atoms with van der Waals surface area (Å²) in [5, 5.41) is 10.3. The van der Waals surface area contributed by atoms with E-state index in [1.807, 2.05) is 19.2 Å². The minimum Gasteiger partial charge on any atom is -0.479 e. The van der Waals surface area contributed by atoms with Gasteiger partial charge in [0.05, 0.1) is 6.61 Å². The third kappa shape index (κ3) is 2.42. The van der Waals surface area contributed by atoms with Crippen LogP contribution in [0.1, 0.15) is 5.56 Å². The normalized spacial score (nSPS) is 20.4. The summed E-state index contributed by atoms with van der Waals surface area (Å²) in [5.41, 5.74) is 2.43. The lowest BCUT2D eigenvalue weighted by molar-refractivity contribution is -0.156. The molecule has 0 bridgehead atoms. The molecule has 0 radical (unpaired) electrons. The van der Waals surface area contributed by atoms with Gasteiger partial charge < -0.3 is 14.4 Å². The van der Waals surface area contributed by atoms with Crippen LogP contribution in [-0.2, 0) is 23.1 Å². The number of morpholine rings is 1. The molecule has 2 heterocycles. The zero-order chi connectivity index (χ0) is 14.1. The molecule has 1 saturated heterocycles. The van der Waals surface area contributed by atoms with Crippen molar-refractivity contribution in [3.8, 4) is 0 Å². The maximum atomic E-state index is 11.0. The van der Waals surface area contributed by atoms with Crippen LogP contribution < -0.4 is 0 Å². The molecule has 1 atom stereocenters. The van der Waals surface area contributed by atoms with Crippen LogP contribution in [0.2, 0.25) is 0 Å². The molecule has 1 fully saturated rings. The van der Waals surface area contributed by atoms with E-state index in [4.69, 9.17) is 9.84 Å². The summed E-state index contributed by atoms with van der Waals surface area (Å²) in [6.45, 7) is 2.45. The van der Waals surface area contributed by atoms with Crippen molar-refractivity contribution in [1.29, 1.82) is 0 Å². The number of para-hydroxylation sites is 1. The zero-order valence-corrected chi connectivity index (χ0v) is 11.5. The van der Waals surface area contributed by atoms with Gasteiger partial charge in [0.25, 0.3) is 0 Å². The maximum absolute atomic E-state index is 11.0. The van der Waals surface area contributed by atoms with Crippen molar-refractivity contribution < 1.29 is 14.6 Å². The second-order valence-corrected chi connectivity index (χ2v) is 5.22. The number of aromatic nitrogens is 1. The first-order valence-corrected chi connectivity index (χ1v) is 6.75. The van der Waals surface area contributed by atoms with Crippen molar-refractivity contribution in [2.45, 2.75) is 12.6 Å². The third-order valence-electron chi connectivity index (χ3n) is 3.80. The van der Waals surface area contributed by atoms with E-state index in [0.717, 1.165) is 13.1 Å². The molecular weight excluding hydrogens is 256 g/mol. The average molecular weight is 274 g/mol. The molecule has 1 N–H and O–H groups in total. The average Bonchev–Trinajstić information content (AvgIpc) is 2.76. The number of nitrogens with zero attached hydrogens (tertiary/aromatic N) is 2. The van der Waals surface area contributed by atoms with Crippen molar-refractivity contribution in [2.24, 2.45) is 7.05 Å². The Balaban J connectivity index is 1.81. The van der Waals surface area contributed by atoms with E-state index < -0.39 is 12.1 Å². The van der Waals surface area contributed by atoms with Crippen molar-refractivity contribution in [1.82, 2.24) is 9.47 Å². The summed E-state index contributed by atoms with van der Waals surface area (Å²) in [4.78, 5) is 13.2. The third-order valence-corrected chi connectivity index (χ3v) is 3.80. The zero-order valence-electron chi connectivity index (χ0n) is 11.5. The highest BCUT2D eigenvalue weighted by atomic mass is 16.5. The molecule has 5 heteroatoms. The summed E-state index contributed by atoms with van der Waals surface area (Å²) >= 11 is 0. The van der Waals surface area contributed by atoms with Gasteiger partial charge in [-0.1, -0.05) is 18.2 Å². The fourth-order valence-corrected chi connectivity index (χ4v) is 2.79. The lowest BCUT2D eigenvalue weighted by atomic mass is 10.1. The smallest absolute Gasteiger partial charge is 0.334 e. The molecule has 3 rings (SSSR count). The molecule has 1 aliphatic heterocycles. The van der Waals surface area contributed by atoms with Crippen molar-refractivity contribution in [3.63, 3.8) is 0 Å². The lowest BCUT2D eigenvalue weighted by Crippen LogP contribution is -2.45. The van der Waals surface area contributed by atoms with Gasteiger partial charge in [-0.15, -0.1) is 0 Å². The number of aryl methyl sites for hydroxylation is 1. The highest BCUT2D eigenvalue weighted by Crippen LogP contribution is 2.22. The van der Waals surface area contributed by atoms with Gasteiger partial charge in [-0.3, -0.25) is 4.90 Å². The van der Waals surface area contributed by atoms with Gasteiger partial charge >= 0.3 is 5.97 Å². The first-order valence-electron chi connectivity index (χ1n) is 6.75. The van der Waals surface area contributed by atoms with E-state index in [9.17, 15) is 4.79 Å². The molecule has 2 aromatic rings. The summed E-state index contributed by atoms with van der Waals surface area (Å²) in [6, 6.07) is 8.27. The quantitative estimate of drug-likeness (QED) is 0.920. The van der Waals surface area contributed by atoms with Crippen LogP contribution >= 0.6 is 0 Å². The second kappa shape index (κ2) is 5.26. The van der Waals surface area contributed by atoms with Crippen LogP contribution in [0.25, 0.3) is 10.9 Å². The maximum Gasteiger partial charge on any atom is 0.334 e. The number of fused-ring (bicyclic) bond motifs is 1. The molecule has 1 aliphatic rings. The van der Waals surface area contributed by atoms with E-state index in [1.54, 1.807) is 0 Å². The van der Waals surface area contributed by atoms with E-state index in [0.29, 0.717) is 13.2 Å². The SMILES string of the molecule is Cn1cc(CN2CCOC(C(=O)O)C2)c2ccccc21. The van der Waals surface area contributed by atoms with E-state index in [2.05, 4.69) is 27.8 Å². The van der Waals surface area contributed by atoms with Crippen LogP contribution in [0.4, 0.5) is 0 Å². The van der Waals surface area contributed by atoms with E-state index >= 15 is 0 Å². The molecule has 0 spiro atoms. The number of aliphatic carboxylic acids is 1. The highest BCUT2D eigenvalue weighted by molar-refractivity contribution is 5.83. The van der Waals surface area contributed by atoms with Crippen LogP contribution in [0.3, 0.4) is 0 Å². The Kier molecular flexibility index (Phi) is 3.46. The molecule has 1 unspecified atom stereocenters. The van der Waals surface area contributed by atoms with Gasteiger partial charge in [-0.05, 0) is 11.6 Å². The van der Waals surface area contributed by atoms with Crippen LogP contribution in [0, 0.1) is 0 Å². The molecule has 0 aliphatic carbocycles. The van der Waals surface area contributed by atoms with Gasteiger partial charge in [0, 0.05) is 43.8 Å². The van der Waals surface area contributed by atoms with Gasteiger partial charge in [0.15, 0.2) is 6.10 Å². The topological polar surface area (TPSA) is 54.7 Å². The molecule has 1 aromatic heterocycles. The fraction of sp³-hybridized carbons (Fsp3) is 0.400.